The molecule has 1 aromatic rings. The first-order valence-corrected chi connectivity index (χ1v) is 7.65. The third-order valence-electron chi connectivity index (χ3n) is 4.04. The first-order chi connectivity index (χ1) is 9.61. The molecule has 0 bridgehead atoms. The van der Waals surface area contributed by atoms with Gasteiger partial charge >= 0.3 is 0 Å². The molecule has 0 spiro atoms. The van der Waals surface area contributed by atoms with Crippen molar-refractivity contribution in [2.24, 2.45) is 5.92 Å². The van der Waals surface area contributed by atoms with Crippen LogP contribution in [0.1, 0.15) is 28.9 Å². The van der Waals surface area contributed by atoms with Gasteiger partial charge < -0.3 is 4.90 Å². The average molecular weight is 294 g/mol. The maximum atomic E-state index is 12.5. The second-order valence-electron chi connectivity index (χ2n) is 5.86. The number of carbonyl (C=O) groups is 1. The van der Waals surface area contributed by atoms with E-state index in [1.54, 1.807) is 6.07 Å². The summed E-state index contributed by atoms with van der Waals surface area (Å²) in [5.74, 6) is 0.988. The van der Waals surface area contributed by atoms with Gasteiger partial charge in [0.05, 0.1) is 0 Å². The van der Waals surface area contributed by atoms with Crippen molar-refractivity contribution in [1.82, 2.24) is 14.8 Å². The van der Waals surface area contributed by atoms with Crippen LogP contribution < -0.4 is 0 Å². The van der Waals surface area contributed by atoms with Crippen molar-refractivity contribution >= 4 is 17.5 Å². The van der Waals surface area contributed by atoms with Gasteiger partial charge in [0.25, 0.3) is 5.91 Å². The highest BCUT2D eigenvalue weighted by Gasteiger charge is 2.28. The summed E-state index contributed by atoms with van der Waals surface area (Å²) in [6.45, 7) is 6.66. The van der Waals surface area contributed by atoms with Gasteiger partial charge in [-0.05, 0) is 37.8 Å². The van der Waals surface area contributed by atoms with Gasteiger partial charge in [-0.1, -0.05) is 11.6 Å². The Morgan fingerprint density at radius 3 is 2.60 bits per heavy atom. The Kier molecular flexibility index (Phi) is 3.94. The summed E-state index contributed by atoms with van der Waals surface area (Å²) in [6.07, 6.45) is 2.77. The summed E-state index contributed by atoms with van der Waals surface area (Å²) in [5, 5.41) is 0.390. The lowest BCUT2D eigenvalue weighted by molar-refractivity contribution is 0.0632. The zero-order valence-corrected chi connectivity index (χ0v) is 12.6. The minimum Gasteiger partial charge on any atom is -0.336 e. The lowest BCUT2D eigenvalue weighted by atomic mass is 10.2. The minimum absolute atomic E-state index is 0.0727. The highest BCUT2D eigenvalue weighted by molar-refractivity contribution is 6.29. The lowest BCUT2D eigenvalue weighted by Crippen LogP contribution is -2.49. The SMILES string of the molecule is Cc1cc(C(=O)N2CCN(CC3CC3)CC2)cc(Cl)n1. The molecule has 108 valence electrons. The van der Waals surface area contributed by atoms with Crippen molar-refractivity contribution < 1.29 is 4.79 Å². The topological polar surface area (TPSA) is 36.4 Å². The van der Waals surface area contributed by atoms with E-state index in [1.807, 2.05) is 17.9 Å². The summed E-state index contributed by atoms with van der Waals surface area (Å²) in [7, 11) is 0. The van der Waals surface area contributed by atoms with Crippen molar-refractivity contribution in [3.05, 3.63) is 28.5 Å². The van der Waals surface area contributed by atoms with Gasteiger partial charge in [0.1, 0.15) is 5.15 Å². The predicted octanol–water partition coefficient (Wildman–Crippen LogP) is 2.21. The van der Waals surface area contributed by atoms with Crippen molar-refractivity contribution in [2.75, 3.05) is 32.7 Å². The number of aryl methyl sites for hydroxylation is 1. The third-order valence-corrected chi connectivity index (χ3v) is 4.24. The largest absolute Gasteiger partial charge is 0.336 e. The van der Waals surface area contributed by atoms with E-state index >= 15 is 0 Å². The van der Waals surface area contributed by atoms with E-state index in [-0.39, 0.29) is 5.91 Å². The number of aromatic nitrogens is 1. The molecule has 0 radical (unpaired) electrons. The summed E-state index contributed by atoms with van der Waals surface area (Å²) in [6, 6.07) is 3.47. The van der Waals surface area contributed by atoms with E-state index in [0.29, 0.717) is 10.7 Å². The van der Waals surface area contributed by atoms with E-state index in [9.17, 15) is 4.79 Å². The first kappa shape index (κ1) is 13.8. The van der Waals surface area contributed by atoms with Gasteiger partial charge in [0, 0.05) is 44.0 Å². The minimum atomic E-state index is 0.0727. The van der Waals surface area contributed by atoms with Crippen LogP contribution in [-0.4, -0.2) is 53.4 Å². The Bertz CT molecular complexity index is 488. The van der Waals surface area contributed by atoms with Crippen LogP contribution in [0, 0.1) is 12.8 Å². The zero-order chi connectivity index (χ0) is 14.1. The van der Waals surface area contributed by atoms with Crippen LogP contribution in [-0.2, 0) is 0 Å². The Hall–Kier alpha value is -1.13. The number of amides is 1. The molecule has 3 rings (SSSR count). The molecule has 1 amide bonds. The van der Waals surface area contributed by atoms with E-state index in [2.05, 4.69) is 9.88 Å². The molecule has 1 aromatic heterocycles. The molecule has 2 fully saturated rings. The van der Waals surface area contributed by atoms with Gasteiger partial charge in [0.2, 0.25) is 0 Å². The fourth-order valence-electron chi connectivity index (χ4n) is 2.73. The highest BCUT2D eigenvalue weighted by Crippen LogP contribution is 2.30. The van der Waals surface area contributed by atoms with E-state index in [1.165, 1.54) is 19.4 Å². The van der Waals surface area contributed by atoms with Gasteiger partial charge in [-0.25, -0.2) is 4.98 Å². The molecule has 1 aliphatic carbocycles. The molecule has 2 heterocycles. The Morgan fingerprint density at radius 1 is 1.30 bits per heavy atom. The molecule has 0 unspecified atom stereocenters. The molecular weight excluding hydrogens is 274 g/mol. The quantitative estimate of drug-likeness (QED) is 0.802. The number of hydrogen-bond acceptors (Lipinski definition) is 3. The molecule has 1 saturated carbocycles. The Morgan fingerprint density at radius 2 is 2.00 bits per heavy atom. The summed E-state index contributed by atoms with van der Waals surface area (Å²) >= 11 is 5.93. The molecule has 2 aliphatic rings. The molecule has 1 aliphatic heterocycles. The predicted molar refractivity (Wildman–Crippen MR) is 79.1 cm³/mol. The third kappa shape index (κ3) is 3.30. The molecule has 0 N–H and O–H groups in total. The molecule has 4 nitrogen and oxygen atoms in total. The smallest absolute Gasteiger partial charge is 0.254 e. The fraction of sp³-hybridized carbons (Fsp3) is 0.600. The fourth-order valence-corrected chi connectivity index (χ4v) is 2.98. The number of piperazine rings is 1. The van der Waals surface area contributed by atoms with Gasteiger partial charge in [-0.2, -0.15) is 0 Å². The van der Waals surface area contributed by atoms with Crippen molar-refractivity contribution in [1.29, 1.82) is 0 Å². The number of carbonyl (C=O) groups excluding carboxylic acids is 1. The highest BCUT2D eigenvalue weighted by atomic mass is 35.5. The Balaban J connectivity index is 1.60. The number of pyridine rings is 1. The second kappa shape index (κ2) is 5.70. The monoisotopic (exact) mass is 293 g/mol. The molecule has 1 saturated heterocycles. The number of nitrogens with zero attached hydrogens (tertiary/aromatic N) is 3. The molecule has 5 heteroatoms. The van der Waals surface area contributed by atoms with Crippen LogP contribution in [0.5, 0.6) is 0 Å². The number of hydrogen-bond donors (Lipinski definition) is 0. The van der Waals surface area contributed by atoms with Crippen LogP contribution >= 0.6 is 11.6 Å². The van der Waals surface area contributed by atoms with Crippen molar-refractivity contribution in [2.45, 2.75) is 19.8 Å². The van der Waals surface area contributed by atoms with E-state index in [4.69, 9.17) is 11.6 Å². The van der Waals surface area contributed by atoms with Crippen LogP contribution in [0.3, 0.4) is 0 Å². The van der Waals surface area contributed by atoms with Crippen LogP contribution in [0.25, 0.3) is 0 Å². The summed E-state index contributed by atoms with van der Waals surface area (Å²) in [4.78, 5) is 21.0. The molecular formula is C15H20ClN3O. The van der Waals surface area contributed by atoms with E-state index < -0.39 is 0 Å². The maximum absolute atomic E-state index is 12.5. The second-order valence-corrected chi connectivity index (χ2v) is 6.24. The van der Waals surface area contributed by atoms with Crippen molar-refractivity contribution in [3.8, 4) is 0 Å². The van der Waals surface area contributed by atoms with Crippen LogP contribution in [0.2, 0.25) is 5.15 Å². The lowest BCUT2D eigenvalue weighted by Gasteiger charge is -2.34. The number of rotatable bonds is 3. The van der Waals surface area contributed by atoms with Crippen LogP contribution in [0.15, 0.2) is 12.1 Å². The molecule has 0 aromatic carbocycles. The summed E-state index contributed by atoms with van der Waals surface area (Å²) in [5.41, 5.74) is 1.44. The van der Waals surface area contributed by atoms with Crippen molar-refractivity contribution in [3.63, 3.8) is 0 Å². The van der Waals surface area contributed by atoms with Gasteiger partial charge in [0.15, 0.2) is 0 Å². The maximum Gasteiger partial charge on any atom is 0.254 e. The number of halogens is 1. The molecule has 20 heavy (non-hydrogen) atoms. The van der Waals surface area contributed by atoms with Gasteiger partial charge in [-0.3, -0.25) is 9.69 Å². The average Bonchev–Trinajstić information content (AvgIpc) is 3.22. The zero-order valence-electron chi connectivity index (χ0n) is 11.8. The normalized spacial score (nSPS) is 20.2. The first-order valence-electron chi connectivity index (χ1n) is 7.27. The Labute approximate surface area is 124 Å². The standard InChI is InChI=1S/C15H20ClN3O/c1-11-8-13(9-14(16)17-11)15(20)19-6-4-18(5-7-19)10-12-2-3-12/h8-9,12H,2-7,10H2,1H3. The molecule has 0 atom stereocenters. The van der Waals surface area contributed by atoms with E-state index in [0.717, 1.165) is 37.8 Å². The van der Waals surface area contributed by atoms with Crippen LogP contribution in [0.4, 0.5) is 0 Å². The van der Waals surface area contributed by atoms with Gasteiger partial charge in [-0.15, -0.1) is 0 Å². The summed E-state index contributed by atoms with van der Waals surface area (Å²) < 4.78 is 0.